The first kappa shape index (κ1) is 17.2. The number of rotatable bonds is 7. The summed E-state index contributed by atoms with van der Waals surface area (Å²) in [5.74, 6) is 0.416. The summed E-state index contributed by atoms with van der Waals surface area (Å²) in [4.78, 5) is 27.7. The van der Waals surface area contributed by atoms with Crippen LogP contribution in [0.1, 0.15) is 32.6 Å². The van der Waals surface area contributed by atoms with Gasteiger partial charge in [0.15, 0.2) is 0 Å². The zero-order valence-corrected chi connectivity index (χ0v) is 13.6. The number of likely N-dealkylation sites (tertiary alicyclic amines) is 2. The Bertz CT molecular complexity index is 389. The van der Waals surface area contributed by atoms with E-state index in [0.717, 1.165) is 58.5 Å². The average Bonchev–Trinajstić information content (AvgIpc) is 2.95. The van der Waals surface area contributed by atoms with Crippen LogP contribution in [0.3, 0.4) is 0 Å². The quantitative estimate of drug-likeness (QED) is 0.693. The van der Waals surface area contributed by atoms with E-state index >= 15 is 0 Å². The van der Waals surface area contributed by atoms with Crippen molar-refractivity contribution in [2.45, 2.75) is 32.6 Å². The molecule has 6 heteroatoms. The fourth-order valence-corrected chi connectivity index (χ4v) is 3.44. The van der Waals surface area contributed by atoms with Gasteiger partial charge in [-0.25, -0.2) is 0 Å². The SMILES string of the molecule is CCCOCC1CCN(C(=O)C2CCCN(CC(N)=O)C2)C1. The van der Waals surface area contributed by atoms with E-state index < -0.39 is 0 Å². The van der Waals surface area contributed by atoms with Crippen molar-refractivity contribution in [1.29, 1.82) is 0 Å². The van der Waals surface area contributed by atoms with E-state index in [1.54, 1.807) is 0 Å². The summed E-state index contributed by atoms with van der Waals surface area (Å²) in [6.07, 6.45) is 3.95. The lowest BCUT2D eigenvalue weighted by Crippen LogP contribution is -2.46. The zero-order chi connectivity index (χ0) is 15.9. The van der Waals surface area contributed by atoms with E-state index in [1.165, 1.54) is 0 Å². The van der Waals surface area contributed by atoms with Crippen molar-refractivity contribution >= 4 is 11.8 Å². The van der Waals surface area contributed by atoms with E-state index in [2.05, 4.69) is 6.92 Å². The molecule has 0 aliphatic carbocycles. The Balaban J connectivity index is 1.77. The van der Waals surface area contributed by atoms with Crippen LogP contribution in [0.25, 0.3) is 0 Å². The number of primary amides is 1. The first-order valence-corrected chi connectivity index (χ1v) is 8.47. The molecule has 0 saturated carbocycles. The third-order valence-corrected chi connectivity index (χ3v) is 4.53. The predicted molar refractivity (Wildman–Crippen MR) is 84.2 cm³/mol. The molecule has 126 valence electrons. The number of amides is 2. The van der Waals surface area contributed by atoms with Crippen LogP contribution in [-0.2, 0) is 14.3 Å². The van der Waals surface area contributed by atoms with Gasteiger partial charge < -0.3 is 15.4 Å². The number of nitrogens with two attached hydrogens (primary N) is 1. The van der Waals surface area contributed by atoms with Crippen molar-refractivity contribution in [2.24, 2.45) is 17.6 Å². The van der Waals surface area contributed by atoms with Crippen LogP contribution >= 0.6 is 0 Å². The summed E-state index contributed by atoms with van der Waals surface area (Å²) in [5.41, 5.74) is 5.25. The lowest BCUT2D eigenvalue weighted by molar-refractivity contribution is -0.137. The highest BCUT2D eigenvalue weighted by atomic mass is 16.5. The van der Waals surface area contributed by atoms with Gasteiger partial charge in [0.1, 0.15) is 0 Å². The molecule has 2 saturated heterocycles. The van der Waals surface area contributed by atoms with Crippen LogP contribution in [0.5, 0.6) is 0 Å². The molecule has 0 spiro atoms. The normalized spacial score (nSPS) is 26.3. The van der Waals surface area contributed by atoms with Gasteiger partial charge >= 0.3 is 0 Å². The van der Waals surface area contributed by atoms with E-state index in [-0.39, 0.29) is 24.3 Å². The number of hydrogen-bond donors (Lipinski definition) is 1. The van der Waals surface area contributed by atoms with E-state index in [1.807, 2.05) is 9.80 Å². The van der Waals surface area contributed by atoms with Gasteiger partial charge in [-0.3, -0.25) is 14.5 Å². The summed E-state index contributed by atoms with van der Waals surface area (Å²) >= 11 is 0. The Hall–Kier alpha value is -1.14. The number of carbonyl (C=O) groups is 2. The number of carbonyl (C=O) groups excluding carboxylic acids is 2. The molecule has 0 aromatic heterocycles. The molecule has 22 heavy (non-hydrogen) atoms. The predicted octanol–water partition coefficient (Wildman–Crippen LogP) is 0.459. The first-order valence-electron chi connectivity index (χ1n) is 8.47. The largest absolute Gasteiger partial charge is 0.381 e. The Morgan fingerprint density at radius 1 is 1.23 bits per heavy atom. The molecular weight excluding hydrogens is 282 g/mol. The van der Waals surface area contributed by atoms with E-state index in [4.69, 9.17) is 10.5 Å². The highest BCUT2D eigenvalue weighted by molar-refractivity contribution is 5.80. The van der Waals surface area contributed by atoms with Gasteiger partial charge in [-0.15, -0.1) is 0 Å². The van der Waals surface area contributed by atoms with Gasteiger partial charge in [-0.2, -0.15) is 0 Å². The fraction of sp³-hybridized carbons (Fsp3) is 0.875. The first-order chi connectivity index (χ1) is 10.6. The average molecular weight is 311 g/mol. The van der Waals surface area contributed by atoms with Gasteiger partial charge in [0.25, 0.3) is 0 Å². The molecule has 2 heterocycles. The van der Waals surface area contributed by atoms with Gasteiger partial charge in [-0.1, -0.05) is 6.92 Å². The van der Waals surface area contributed by atoms with Crippen molar-refractivity contribution in [1.82, 2.24) is 9.80 Å². The standard InChI is InChI=1S/C16H29N3O3/c1-2-8-22-12-13-5-7-19(9-13)16(21)14-4-3-6-18(10-14)11-15(17)20/h13-14H,2-12H2,1H3,(H2,17,20). The Labute approximate surface area is 132 Å². The molecule has 0 aromatic carbocycles. The second-order valence-corrected chi connectivity index (χ2v) is 6.55. The molecule has 0 radical (unpaired) electrons. The maximum atomic E-state index is 12.6. The topological polar surface area (TPSA) is 75.9 Å². The molecule has 2 N–H and O–H groups in total. The van der Waals surface area contributed by atoms with Crippen LogP contribution in [0.15, 0.2) is 0 Å². The van der Waals surface area contributed by atoms with Gasteiger partial charge in [0.2, 0.25) is 11.8 Å². The maximum absolute atomic E-state index is 12.6. The molecule has 2 fully saturated rings. The number of piperidine rings is 1. The monoisotopic (exact) mass is 311 g/mol. The molecule has 6 nitrogen and oxygen atoms in total. The molecule has 0 bridgehead atoms. The molecule has 2 aliphatic rings. The van der Waals surface area contributed by atoms with Crippen molar-refractivity contribution in [3.63, 3.8) is 0 Å². The van der Waals surface area contributed by atoms with Gasteiger partial charge in [0.05, 0.1) is 19.1 Å². The number of ether oxygens (including phenoxy) is 1. The third kappa shape index (κ3) is 4.95. The molecule has 0 aromatic rings. The number of hydrogen-bond acceptors (Lipinski definition) is 4. The van der Waals surface area contributed by atoms with E-state index in [9.17, 15) is 9.59 Å². The van der Waals surface area contributed by atoms with Crippen LogP contribution < -0.4 is 5.73 Å². The van der Waals surface area contributed by atoms with Crippen LogP contribution in [0.4, 0.5) is 0 Å². The summed E-state index contributed by atoms with van der Waals surface area (Å²) in [7, 11) is 0. The second-order valence-electron chi connectivity index (χ2n) is 6.55. The fourth-order valence-electron chi connectivity index (χ4n) is 3.44. The van der Waals surface area contributed by atoms with Crippen molar-refractivity contribution < 1.29 is 14.3 Å². The Morgan fingerprint density at radius 2 is 2.05 bits per heavy atom. The summed E-state index contributed by atoms with van der Waals surface area (Å²) in [6, 6.07) is 0. The molecule has 2 amide bonds. The third-order valence-electron chi connectivity index (χ3n) is 4.53. The van der Waals surface area contributed by atoms with Crippen molar-refractivity contribution in [3.05, 3.63) is 0 Å². The Kier molecular flexibility index (Phi) is 6.64. The van der Waals surface area contributed by atoms with Crippen LogP contribution in [0, 0.1) is 11.8 Å². The lowest BCUT2D eigenvalue weighted by Gasteiger charge is -2.33. The minimum atomic E-state index is -0.317. The summed E-state index contributed by atoms with van der Waals surface area (Å²) in [6.45, 7) is 7.10. The van der Waals surface area contributed by atoms with Crippen molar-refractivity contribution in [2.75, 3.05) is 45.9 Å². The van der Waals surface area contributed by atoms with Gasteiger partial charge in [-0.05, 0) is 32.2 Å². The minimum absolute atomic E-state index is 0.0170. The van der Waals surface area contributed by atoms with Crippen LogP contribution in [-0.4, -0.2) is 67.6 Å². The second kappa shape index (κ2) is 8.48. The molecule has 2 unspecified atom stereocenters. The molecule has 2 rings (SSSR count). The minimum Gasteiger partial charge on any atom is -0.381 e. The zero-order valence-electron chi connectivity index (χ0n) is 13.6. The van der Waals surface area contributed by atoms with E-state index in [0.29, 0.717) is 12.5 Å². The number of nitrogens with zero attached hydrogens (tertiary/aromatic N) is 2. The van der Waals surface area contributed by atoms with Crippen LogP contribution in [0.2, 0.25) is 0 Å². The smallest absolute Gasteiger partial charge is 0.231 e. The summed E-state index contributed by atoms with van der Waals surface area (Å²) < 4.78 is 5.60. The highest BCUT2D eigenvalue weighted by Gasteiger charge is 2.33. The molecule has 2 atom stereocenters. The summed E-state index contributed by atoms with van der Waals surface area (Å²) in [5, 5.41) is 0. The molecular formula is C16H29N3O3. The lowest BCUT2D eigenvalue weighted by atomic mass is 9.96. The molecule has 2 aliphatic heterocycles. The van der Waals surface area contributed by atoms with Crippen molar-refractivity contribution in [3.8, 4) is 0 Å². The Morgan fingerprint density at radius 3 is 2.77 bits per heavy atom. The maximum Gasteiger partial charge on any atom is 0.231 e. The van der Waals surface area contributed by atoms with Gasteiger partial charge in [0, 0.05) is 32.2 Å². The highest BCUT2D eigenvalue weighted by Crippen LogP contribution is 2.23.